The van der Waals surface area contributed by atoms with Crippen LogP contribution in [0.5, 0.6) is 23.0 Å². The summed E-state index contributed by atoms with van der Waals surface area (Å²) in [5.74, 6) is 3.24. The van der Waals surface area contributed by atoms with Crippen LogP contribution in [-0.4, -0.2) is 0 Å². The fourth-order valence-electron chi connectivity index (χ4n) is 6.82. The second-order valence-electron chi connectivity index (χ2n) is 11.6. The van der Waals surface area contributed by atoms with Crippen molar-refractivity contribution in [3.8, 4) is 67.5 Å². The van der Waals surface area contributed by atoms with E-state index in [1.165, 1.54) is 0 Å². The van der Waals surface area contributed by atoms with Crippen molar-refractivity contribution >= 4 is 33.8 Å². The lowest BCUT2D eigenvalue weighted by Crippen LogP contribution is -2.36. The molecule has 0 spiro atoms. The molecule has 218 valence electrons. The number of para-hydroxylation sites is 2. The SMILES string of the molecule is S=P12c3cccc(-c4ccccc4)c3Oc3c(-c4ccccc4)cc(-c4ccccc4)c(c31)Oc1c(-c3ccccc3)cccc12. The summed E-state index contributed by atoms with van der Waals surface area (Å²) >= 11 is 7.15. The molecule has 46 heavy (non-hydrogen) atoms. The number of rotatable bonds is 4. The van der Waals surface area contributed by atoms with Crippen LogP contribution in [0.25, 0.3) is 44.5 Å². The van der Waals surface area contributed by atoms with Gasteiger partial charge in [0.25, 0.3) is 0 Å². The van der Waals surface area contributed by atoms with E-state index >= 15 is 0 Å². The molecule has 0 unspecified atom stereocenters. The summed E-state index contributed by atoms with van der Waals surface area (Å²) < 4.78 is 14.3. The number of hydrogen-bond acceptors (Lipinski definition) is 3. The fourth-order valence-corrected chi connectivity index (χ4v) is 11.3. The second kappa shape index (κ2) is 10.7. The minimum atomic E-state index is -2.72. The van der Waals surface area contributed by atoms with Gasteiger partial charge in [-0.1, -0.05) is 157 Å². The Balaban J connectivity index is 1.44. The van der Waals surface area contributed by atoms with Gasteiger partial charge in [0.05, 0.1) is 11.3 Å². The van der Waals surface area contributed by atoms with Crippen molar-refractivity contribution in [1.82, 2.24) is 0 Å². The van der Waals surface area contributed by atoms with Gasteiger partial charge in [0, 0.05) is 32.9 Å². The van der Waals surface area contributed by atoms with Crippen molar-refractivity contribution in [3.05, 3.63) is 164 Å². The molecule has 7 aromatic carbocycles. The molecule has 0 aliphatic carbocycles. The van der Waals surface area contributed by atoms with Gasteiger partial charge in [-0.15, -0.1) is 0 Å². The van der Waals surface area contributed by atoms with Crippen LogP contribution in [0.3, 0.4) is 0 Å². The van der Waals surface area contributed by atoms with Crippen molar-refractivity contribution in [2.45, 2.75) is 0 Å². The van der Waals surface area contributed by atoms with E-state index in [9.17, 15) is 0 Å². The van der Waals surface area contributed by atoms with Crippen molar-refractivity contribution < 1.29 is 9.47 Å². The molecule has 0 saturated carbocycles. The molecule has 2 nitrogen and oxygen atoms in total. The van der Waals surface area contributed by atoms with Crippen molar-refractivity contribution in [1.29, 1.82) is 0 Å². The number of hydrogen-bond donors (Lipinski definition) is 0. The van der Waals surface area contributed by atoms with Crippen molar-refractivity contribution in [2.75, 3.05) is 0 Å². The lowest BCUT2D eigenvalue weighted by Gasteiger charge is -2.40. The normalized spacial score (nSPS) is 13.4. The molecule has 2 heterocycles. The van der Waals surface area contributed by atoms with Gasteiger partial charge in [0.2, 0.25) is 0 Å². The minimum Gasteiger partial charge on any atom is -0.454 e. The summed E-state index contributed by atoms with van der Waals surface area (Å²) in [7, 11) is 0. The highest BCUT2D eigenvalue weighted by Gasteiger charge is 2.46. The Morgan fingerprint density at radius 1 is 0.348 bits per heavy atom. The van der Waals surface area contributed by atoms with E-state index in [1.54, 1.807) is 0 Å². The van der Waals surface area contributed by atoms with E-state index in [0.29, 0.717) is 0 Å². The van der Waals surface area contributed by atoms with Gasteiger partial charge in [-0.2, -0.15) is 0 Å². The van der Waals surface area contributed by atoms with Crippen LogP contribution < -0.4 is 25.4 Å². The molecule has 7 aromatic rings. The van der Waals surface area contributed by atoms with Crippen molar-refractivity contribution in [3.63, 3.8) is 0 Å². The summed E-state index contributed by atoms with van der Waals surface area (Å²) in [5, 5.41) is 3.09. The van der Waals surface area contributed by atoms with Gasteiger partial charge in [0.1, 0.15) is 23.0 Å². The Labute approximate surface area is 273 Å². The summed E-state index contributed by atoms with van der Waals surface area (Å²) in [6.07, 6.45) is 0. The number of benzene rings is 7. The molecule has 0 radical (unpaired) electrons. The van der Waals surface area contributed by atoms with E-state index in [-0.39, 0.29) is 0 Å². The lowest BCUT2D eigenvalue weighted by molar-refractivity contribution is 0.470. The zero-order valence-corrected chi connectivity index (χ0v) is 26.5. The van der Waals surface area contributed by atoms with Gasteiger partial charge in [-0.25, -0.2) is 0 Å². The first-order valence-electron chi connectivity index (χ1n) is 15.4. The lowest BCUT2D eigenvalue weighted by atomic mass is 9.96. The highest BCUT2D eigenvalue weighted by Crippen LogP contribution is 2.63. The maximum atomic E-state index is 7.16. The number of ether oxygens (including phenoxy) is 2. The zero-order valence-electron chi connectivity index (χ0n) is 24.8. The molecular weight excluding hydrogens is 600 g/mol. The topological polar surface area (TPSA) is 18.5 Å². The van der Waals surface area contributed by atoms with Gasteiger partial charge in [-0.3, -0.25) is 0 Å². The average molecular weight is 627 g/mol. The molecule has 0 saturated heterocycles. The smallest absolute Gasteiger partial charge is 0.148 e. The van der Waals surface area contributed by atoms with Crippen LogP contribution in [0, 0.1) is 0 Å². The van der Waals surface area contributed by atoms with E-state index in [1.807, 2.05) is 24.3 Å². The van der Waals surface area contributed by atoms with Crippen molar-refractivity contribution in [2.24, 2.45) is 0 Å². The maximum Gasteiger partial charge on any atom is 0.148 e. The van der Waals surface area contributed by atoms with E-state index in [4.69, 9.17) is 21.3 Å². The van der Waals surface area contributed by atoms with Crippen LogP contribution in [0.1, 0.15) is 0 Å². The monoisotopic (exact) mass is 626 g/mol. The van der Waals surface area contributed by atoms with Crippen LogP contribution in [0.15, 0.2) is 164 Å². The Hall–Kier alpha value is -5.21. The average Bonchev–Trinajstić information content (AvgIpc) is 3.13. The van der Waals surface area contributed by atoms with E-state index in [2.05, 4.69) is 140 Å². The summed E-state index contributed by atoms with van der Waals surface area (Å²) in [6, 6.07) is 54.3. The van der Waals surface area contributed by atoms with Crippen LogP contribution >= 0.6 is 6.04 Å². The number of fused-ring (bicyclic) bond motifs is 4. The Morgan fingerprint density at radius 2 is 0.696 bits per heavy atom. The Kier molecular flexibility index (Phi) is 6.31. The molecule has 2 aliphatic rings. The highest BCUT2D eigenvalue weighted by atomic mass is 32.4. The minimum absolute atomic E-state index is 0.788. The van der Waals surface area contributed by atoms with E-state index < -0.39 is 6.04 Å². The maximum absolute atomic E-state index is 7.16. The van der Waals surface area contributed by atoms with Gasteiger partial charge in [0.15, 0.2) is 0 Å². The molecule has 0 N–H and O–H groups in total. The summed E-state index contributed by atoms with van der Waals surface area (Å²) in [5.41, 5.74) is 8.42. The molecule has 0 aromatic heterocycles. The van der Waals surface area contributed by atoms with Gasteiger partial charge in [-0.05, 0) is 40.5 Å². The van der Waals surface area contributed by atoms with Crippen LogP contribution in [-0.2, 0) is 11.8 Å². The summed E-state index contributed by atoms with van der Waals surface area (Å²) in [4.78, 5) is 0. The molecule has 0 fully saturated rings. The van der Waals surface area contributed by atoms with Gasteiger partial charge >= 0.3 is 0 Å². The van der Waals surface area contributed by atoms with E-state index in [0.717, 1.165) is 83.4 Å². The molecule has 0 bridgehead atoms. The molecule has 9 rings (SSSR count). The molecule has 4 heteroatoms. The molecule has 0 amide bonds. The molecular formula is C42H27O2PS. The van der Waals surface area contributed by atoms with Gasteiger partial charge < -0.3 is 9.47 Å². The first-order valence-corrected chi connectivity index (χ1v) is 18.2. The Bertz CT molecular complexity index is 2160. The predicted octanol–water partition coefficient (Wildman–Crippen LogP) is 10.3. The third-order valence-electron chi connectivity index (χ3n) is 8.94. The standard InChI is InChI=1S/C42H27O2PS/c46-45-36-25-13-23-32(28-15-5-1-6-16-28)38(36)43-40-34(30-19-9-3-10-20-30)27-35(31-21-11-4-12-22-31)41(42(40)45)44-39-33(24-14-26-37(39)45)29-17-7-2-8-18-29/h1-27H. The van der Waals surface area contributed by atoms with Crippen LogP contribution in [0.2, 0.25) is 0 Å². The summed E-state index contributed by atoms with van der Waals surface area (Å²) in [6.45, 7) is 0. The third-order valence-corrected chi connectivity index (χ3v) is 13.8. The zero-order chi connectivity index (χ0) is 30.7. The largest absolute Gasteiger partial charge is 0.454 e. The second-order valence-corrected chi connectivity index (χ2v) is 15.8. The first kappa shape index (κ1) is 27.1. The molecule has 2 aliphatic heterocycles. The quantitative estimate of drug-likeness (QED) is 0.181. The first-order chi connectivity index (χ1) is 22.7. The highest BCUT2D eigenvalue weighted by molar-refractivity contribution is 8.26. The fraction of sp³-hybridized carbons (Fsp3) is 0. The predicted molar refractivity (Wildman–Crippen MR) is 194 cm³/mol. The Morgan fingerprint density at radius 3 is 1.07 bits per heavy atom. The van der Waals surface area contributed by atoms with Crippen LogP contribution in [0.4, 0.5) is 0 Å². The third kappa shape index (κ3) is 4.06. The molecule has 0 atom stereocenters.